The SMILES string of the molecule is CNCc1ccc(-c2cccc(C3CCC3)c2)cc1Cl. The minimum atomic E-state index is 0.772. The van der Waals surface area contributed by atoms with E-state index in [-0.39, 0.29) is 0 Å². The Bertz CT molecular complexity index is 602. The van der Waals surface area contributed by atoms with E-state index >= 15 is 0 Å². The molecule has 20 heavy (non-hydrogen) atoms. The van der Waals surface area contributed by atoms with Crippen LogP contribution in [0.3, 0.4) is 0 Å². The zero-order valence-electron chi connectivity index (χ0n) is 11.8. The minimum Gasteiger partial charge on any atom is -0.316 e. The maximum atomic E-state index is 6.36. The molecule has 1 aliphatic rings. The van der Waals surface area contributed by atoms with Crippen molar-refractivity contribution in [1.29, 1.82) is 0 Å². The zero-order chi connectivity index (χ0) is 13.9. The van der Waals surface area contributed by atoms with E-state index in [0.717, 1.165) is 23.0 Å². The highest BCUT2D eigenvalue weighted by molar-refractivity contribution is 6.31. The van der Waals surface area contributed by atoms with Gasteiger partial charge in [0.15, 0.2) is 0 Å². The van der Waals surface area contributed by atoms with Gasteiger partial charge in [0.05, 0.1) is 0 Å². The molecule has 0 heterocycles. The Labute approximate surface area is 126 Å². The van der Waals surface area contributed by atoms with Crippen LogP contribution >= 0.6 is 11.6 Å². The van der Waals surface area contributed by atoms with E-state index < -0.39 is 0 Å². The highest BCUT2D eigenvalue weighted by atomic mass is 35.5. The molecule has 0 aromatic heterocycles. The topological polar surface area (TPSA) is 12.0 Å². The van der Waals surface area contributed by atoms with Gasteiger partial charge in [-0.2, -0.15) is 0 Å². The Morgan fingerprint density at radius 3 is 2.55 bits per heavy atom. The molecule has 1 saturated carbocycles. The van der Waals surface area contributed by atoms with Gasteiger partial charge in [-0.1, -0.05) is 54.4 Å². The molecule has 0 spiro atoms. The monoisotopic (exact) mass is 285 g/mol. The second kappa shape index (κ2) is 5.99. The minimum absolute atomic E-state index is 0.772. The van der Waals surface area contributed by atoms with Crippen molar-refractivity contribution in [2.75, 3.05) is 7.05 Å². The molecule has 1 N–H and O–H groups in total. The van der Waals surface area contributed by atoms with Crippen LogP contribution in [0.1, 0.15) is 36.3 Å². The summed E-state index contributed by atoms with van der Waals surface area (Å²) in [7, 11) is 1.94. The first-order valence-corrected chi connectivity index (χ1v) is 7.69. The molecular weight excluding hydrogens is 266 g/mol. The fourth-order valence-electron chi connectivity index (χ4n) is 2.77. The van der Waals surface area contributed by atoms with Crippen LogP contribution in [0.4, 0.5) is 0 Å². The summed E-state index contributed by atoms with van der Waals surface area (Å²) in [5.41, 5.74) is 5.10. The Kier molecular flexibility index (Phi) is 4.09. The van der Waals surface area contributed by atoms with Crippen molar-refractivity contribution < 1.29 is 0 Å². The molecule has 0 unspecified atom stereocenters. The molecule has 1 fully saturated rings. The number of hydrogen-bond donors (Lipinski definition) is 1. The third kappa shape index (κ3) is 2.74. The molecule has 1 nitrogen and oxygen atoms in total. The molecule has 2 aromatic rings. The molecular formula is C18H20ClN. The van der Waals surface area contributed by atoms with Gasteiger partial charge < -0.3 is 5.32 Å². The predicted molar refractivity (Wildman–Crippen MR) is 86.2 cm³/mol. The number of halogens is 1. The van der Waals surface area contributed by atoms with Crippen LogP contribution in [0, 0.1) is 0 Å². The summed E-state index contributed by atoms with van der Waals surface area (Å²) in [6.45, 7) is 0.807. The first kappa shape index (κ1) is 13.7. The summed E-state index contributed by atoms with van der Waals surface area (Å²) in [5, 5.41) is 3.98. The van der Waals surface area contributed by atoms with Gasteiger partial charge in [-0.05, 0) is 54.1 Å². The lowest BCUT2D eigenvalue weighted by molar-refractivity contribution is 0.420. The van der Waals surface area contributed by atoms with Gasteiger partial charge in [-0.25, -0.2) is 0 Å². The normalized spacial score (nSPS) is 15.1. The van der Waals surface area contributed by atoms with Crippen LogP contribution in [-0.2, 0) is 6.54 Å². The van der Waals surface area contributed by atoms with Crippen LogP contribution in [0.5, 0.6) is 0 Å². The van der Waals surface area contributed by atoms with E-state index in [1.807, 2.05) is 7.05 Å². The molecule has 0 amide bonds. The molecule has 0 saturated heterocycles. The lowest BCUT2D eigenvalue weighted by Crippen LogP contribution is -2.08. The Morgan fingerprint density at radius 2 is 1.90 bits per heavy atom. The van der Waals surface area contributed by atoms with E-state index in [1.54, 1.807) is 0 Å². The van der Waals surface area contributed by atoms with Crippen molar-refractivity contribution in [3.63, 3.8) is 0 Å². The van der Waals surface area contributed by atoms with Crippen LogP contribution in [0.25, 0.3) is 11.1 Å². The maximum Gasteiger partial charge on any atom is 0.0457 e. The molecule has 2 aromatic carbocycles. The first-order valence-electron chi connectivity index (χ1n) is 7.31. The summed E-state index contributed by atoms with van der Waals surface area (Å²) in [6, 6.07) is 15.3. The number of benzene rings is 2. The van der Waals surface area contributed by atoms with Gasteiger partial charge in [0.2, 0.25) is 0 Å². The third-order valence-electron chi connectivity index (χ3n) is 4.22. The smallest absolute Gasteiger partial charge is 0.0457 e. The quantitative estimate of drug-likeness (QED) is 0.834. The van der Waals surface area contributed by atoms with Crippen molar-refractivity contribution in [3.05, 3.63) is 58.6 Å². The van der Waals surface area contributed by atoms with Gasteiger partial charge >= 0.3 is 0 Å². The predicted octanol–water partition coefficient (Wildman–Crippen LogP) is 4.99. The van der Waals surface area contributed by atoms with E-state index in [2.05, 4.69) is 47.8 Å². The van der Waals surface area contributed by atoms with Gasteiger partial charge in [-0.3, -0.25) is 0 Å². The molecule has 3 rings (SSSR count). The van der Waals surface area contributed by atoms with Crippen molar-refractivity contribution >= 4 is 11.6 Å². The van der Waals surface area contributed by atoms with Crippen LogP contribution in [0.15, 0.2) is 42.5 Å². The van der Waals surface area contributed by atoms with Gasteiger partial charge in [-0.15, -0.1) is 0 Å². The largest absolute Gasteiger partial charge is 0.316 e. The standard InChI is InChI=1S/C18H20ClN/c1-20-12-17-9-8-16(11-18(17)19)15-7-3-6-14(10-15)13-4-2-5-13/h3,6-11,13,20H,2,4-5,12H2,1H3. The van der Waals surface area contributed by atoms with Crippen molar-refractivity contribution in [2.24, 2.45) is 0 Å². The van der Waals surface area contributed by atoms with Gasteiger partial charge in [0.25, 0.3) is 0 Å². The fraction of sp³-hybridized carbons (Fsp3) is 0.333. The van der Waals surface area contributed by atoms with E-state index in [9.17, 15) is 0 Å². The molecule has 1 aliphatic carbocycles. The molecule has 0 bridgehead atoms. The summed E-state index contributed by atoms with van der Waals surface area (Å²) < 4.78 is 0. The summed E-state index contributed by atoms with van der Waals surface area (Å²) in [4.78, 5) is 0. The van der Waals surface area contributed by atoms with Gasteiger partial charge in [0.1, 0.15) is 0 Å². The Balaban J connectivity index is 1.90. The second-order valence-electron chi connectivity index (χ2n) is 5.59. The molecule has 104 valence electrons. The Hall–Kier alpha value is -1.31. The lowest BCUT2D eigenvalue weighted by atomic mass is 9.79. The zero-order valence-corrected chi connectivity index (χ0v) is 12.6. The van der Waals surface area contributed by atoms with E-state index in [4.69, 9.17) is 11.6 Å². The Morgan fingerprint density at radius 1 is 1.10 bits per heavy atom. The van der Waals surface area contributed by atoms with E-state index in [1.165, 1.54) is 36.0 Å². The number of nitrogens with one attached hydrogen (secondary N) is 1. The molecule has 2 heteroatoms. The third-order valence-corrected chi connectivity index (χ3v) is 4.57. The van der Waals surface area contributed by atoms with E-state index in [0.29, 0.717) is 0 Å². The van der Waals surface area contributed by atoms with Crippen LogP contribution < -0.4 is 5.32 Å². The average molecular weight is 286 g/mol. The number of hydrogen-bond acceptors (Lipinski definition) is 1. The molecule has 0 atom stereocenters. The number of rotatable bonds is 4. The van der Waals surface area contributed by atoms with Gasteiger partial charge in [0, 0.05) is 11.6 Å². The highest BCUT2D eigenvalue weighted by Gasteiger charge is 2.19. The average Bonchev–Trinajstić information content (AvgIpc) is 2.40. The summed E-state index contributed by atoms with van der Waals surface area (Å²) >= 11 is 6.36. The van der Waals surface area contributed by atoms with Crippen LogP contribution in [0.2, 0.25) is 5.02 Å². The highest BCUT2D eigenvalue weighted by Crippen LogP contribution is 2.37. The van der Waals surface area contributed by atoms with Crippen molar-refractivity contribution in [3.8, 4) is 11.1 Å². The molecule has 0 aliphatic heterocycles. The lowest BCUT2D eigenvalue weighted by Gasteiger charge is -2.26. The summed E-state index contributed by atoms with van der Waals surface area (Å²) in [6.07, 6.45) is 4.05. The van der Waals surface area contributed by atoms with Crippen molar-refractivity contribution in [1.82, 2.24) is 5.32 Å². The van der Waals surface area contributed by atoms with Crippen LogP contribution in [-0.4, -0.2) is 7.05 Å². The fourth-order valence-corrected chi connectivity index (χ4v) is 3.02. The maximum absolute atomic E-state index is 6.36. The first-order chi connectivity index (χ1) is 9.78. The summed E-state index contributed by atoms with van der Waals surface area (Å²) in [5.74, 6) is 0.772. The van der Waals surface area contributed by atoms with Crippen molar-refractivity contribution in [2.45, 2.75) is 31.7 Å². The molecule has 0 radical (unpaired) electrons. The second-order valence-corrected chi connectivity index (χ2v) is 6.00.